The minimum atomic E-state index is -1.13. The summed E-state index contributed by atoms with van der Waals surface area (Å²) >= 11 is 0. The van der Waals surface area contributed by atoms with Crippen LogP contribution in [0.2, 0.25) is 0 Å². The Hall–Kier alpha value is -1.64. The third-order valence-electron chi connectivity index (χ3n) is 3.88. The number of ether oxygens (including phenoxy) is 1. The molecule has 0 radical (unpaired) electrons. The summed E-state index contributed by atoms with van der Waals surface area (Å²) in [5.74, 6) is 0. The van der Waals surface area contributed by atoms with Crippen LogP contribution in [0.4, 0.5) is 0 Å². The molecule has 2 heteroatoms. The Morgan fingerprint density at radius 2 is 1.43 bits per heavy atom. The lowest BCUT2D eigenvalue weighted by atomic mass is 9.82. The summed E-state index contributed by atoms with van der Waals surface area (Å²) in [6, 6.07) is 19.5. The van der Waals surface area contributed by atoms with E-state index in [-0.39, 0.29) is 6.10 Å². The third kappa shape index (κ3) is 3.52. The smallest absolute Gasteiger partial charge is 0.140 e. The SMILES string of the molecule is CCCCO[C@@H](C)C(O)(c1ccccc1)c1ccccc1. The molecule has 112 valence electrons. The first-order valence-corrected chi connectivity index (χ1v) is 7.64. The molecular weight excluding hydrogens is 260 g/mol. The van der Waals surface area contributed by atoms with Crippen LogP contribution in [0.1, 0.15) is 37.8 Å². The summed E-state index contributed by atoms with van der Waals surface area (Å²) in [4.78, 5) is 0. The molecule has 0 fully saturated rings. The lowest BCUT2D eigenvalue weighted by molar-refractivity contribution is -0.0810. The molecule has 0 amide bonds. The van der Waals surface area contributed by atoms with Crippen molar-refractivity contribution in [2.45, 2.75) is 38.4 Å². The van der Waals surface area contributed by atoms with Gasteiger partial charge in [0.15, 0.2) is 0 Å². The molecule has 0 unspecified atom stereocenters. The van der Waals surface area contributed by atoms with Crippen molar-refractivity contribution >= 4 is 0 Å². The molecule has 0 saturated carbocycles. The van der Waals surface area contributed by atoms with E-state index in [2.05, 4.69) is 6.92 Å². The van der Waals surface area contributed by atoms with Crippen LogP contribution < -0.4 is 0 Å². The van der Waals surface area contributed by atoms with E-state index < -0.39 is 5.60 Å². The molecule has 0 aromatic heterocycles. The summed E-state index contributed by atoms with van der Waals surface area (Å²) < 4.78 is 5.91. The summed E-state index contributed by atoms with van der Waals surface area (Å²) in [6.45, 7) is 4.74. The number of rotatable bonds is 7. The maximum absolute atomic E-state index is 11.4. The molecule has 0 spiro atoms. The van der Waals surface area contributed by atoms with E-state index in [0.717, 1.165) is 24.0 Å². The van der Waals surface area contributed by atoms with Gasteiger partial charge in [0.2, 0.25) is 0 Å². The van der Waals surface area contributed by atoms with E-state index in [1.54, 1.807) is 0 Å². The van der Waals surface area contributed by atoms with Crippen molar-refractivity contribution in [1.29, 1.82) is 0 Å². The molecule has 2 aromatic carbocycles. The monoisotopic (exact) mass is 284 g/mol. The molecule has 0 heterocycles. The first kappa shape index (κ1) is 15.7. The average Bonchev–Trinajstić information content (AvgIpc) is 2.56. The van der Waals surface area contributed by atoms with Gasteiger partial charge in [-0.25, -0.2) is 0 Å². The molecule has 2 aromatic rings. The standard InChI is InChI=1S/C19H24O2/c1-3-4-15-21-16(2)19(20,17-11-7-5-8-12-17)18-13-9-6-10-14-18/h5-14,16,20H,3-4,15H2,1-2H3/t16-/m0/s1. The highest BCUT2D eigenvalue weighted by Gasteiger charge is 2.38. The quantitative estimate of drug-likeness (QED) is 0.775. The summed E-state index contributed by atoms with van der Waals surface area (Å²) in [6.07, 6.45) is 1.78. The molecule has 0 aliphatic heterocycles. The van der Waals surface area contributed by atoms with Crippen molar-refractivity contribution in [3.05, 3.63) is 71.8 Å². The number of hydrogen-bond donors (Lipinski definition) is 1. The van der Waals surface area contributed by atoms with E-state index in [4.69, 9.17) is 4.74 Å². The molecule has 2 nitrogen and oxygen atoms in total. The molecule has 21 heavy (non-hydrogen) atoms. The zero-order chi connectivity index (χ0) is 15.1. The van der Waals surface area contributed by atoms with E-state index in [1.807, 2.05) is 67.6 Å². The Bertz CT molecular complexity index is 482. The molecule has 0 bridgehead atoms. The van der Waals surface area contributed by atoms with Gasteiger partial charge in [-0.3, -0.25) is 0 Å². The van der Waals surface area contributed by atoms with Crippen molar-refractivity contribution in [2.24, 2.45) is 0 Å². The molecule has 1 atom stereocenters. The largest absolute Gasteiger partial charge is 0.378 e. The van der Waals surface area contributed by atoms with Crippen molar-refractivity contribution in [2.75, 3.05) is 6.61 Å². The zero-order valence-corrected chi connectivity index (χ0v) is 12.8. The van der Waals surface area contributed by atoms with Crippen LogP contribution in [0, 0.1) is 0 Å². The number of hydrogen-bond acceptors (Lipinski definition) is 2. The van der Waals surface area contributed by atoms with Crippen LogP contribution in [0.25, 0.3) is 0 Å². The molecule has 1 N–H and O–H groups in total. The normalized spacial score (nSPS) is 13.1. The van der Waals surface area contributed by atoms with E-state index in [0.29, 0.717) is 6.61 Å². The second-order valence-corrected chi connectivity index (χ2v) is 5.37. The fourth-order valence-corrected chi connectivity index (χ4v) is 2.55. The summed E-state index contributed by atoms with van der Waals surface area (Å²) in [5, 5.41) is 11.4. The van der Waals surface area contributed by atoms with Crippen molar-refractivity contribution in [3.63, 3.8) is 0 Å². The zero-order valence-electron chi connectivity index (χ0n) is 12.8. The van der Waals surface area contributed by atoms with Gasteiger partial charge in [-0.2, -0.15) is 0 Å². The van der Waals surface area contributed by atoms with Crippen molar-refractivity contribution in [3.8, 4) is 0 Å². The van der Waals surface area contributed by atoms with Gasteiger partial charge in [-0.15, -0.1) is 0 Å². The maximum atomic E-state index is 11.4. The van der Waals surface area contributed by atoms with Gasteiger partial charge in [0.05, 0.1) is 6.10 Å². The fourth-order valence-electron chi connectivity index (χ4n) is 2.55. The van der Waals surface area contributed by atoms with Crippen LogP contribution in [-0.2, 0) is 10.3 Å². The van der Waals surface area contributed by atoms with Crippen LogP contribution in [-0.4, -0.2) is 17.8 Å². The number of benzene rings is 2. The predicted molar refractivity (Wildman–Crippen MR) is 86.2 cm³/mol. The van der Waals surface area contributed by atoms with Gasteiger partial charge in [0, 0.05) is 6.61 Å². The Morgan fingerprint density at radius 1 is 0.952 bits per heavy atom. The highest BCUT2D eigenvalue weighted by atomic mass is 16.5. The topological polar surface area (TPSA) is 29.5 Å². The van der Waals surface area contributed by atoms with Crippen LogP contribution in [0.3, 0.4) is 0 Å². The second kappa shape index (κ2) is 7.39. The predicted octanol–water partition coefficient (Wildman–Crippen LogP) is 4.13. The Labute approximate surface area is 127 Å². The molecule has 0 aliphatic carbocycles. The van der Waals surface area contributed by atoms with Gasteiger partial charge in [0.1, 0.15) is 5.60 Å². The van der Waals surface area contributed by atoms with E-state index in [9.17, 15) is 5.11 Å². The number of unbranched alkanes of at least 4 members (excludes halogenated alkanes) is 1. The van der Waals surface area contributed by atoms with Crippen molar-refractivity contribution < 1.29 is 9.84 Å². The van der Waals surface area contributed by atoms with Gasteiger partial charge in [-0.05, 0) is 24.5 Å². The van der Waals surface area contributed by atoms with Gasteiger partial charge in [-0.1, -0.05) is 74.0 Å². The molecule has 0 aliphatic rings. The Balaban J connectivity index is 2.35. The first-order chi connectivity index (χ1) is 10.2. The van der Waals surface area contributed by atoms with Gasteiger partial charge >= 0.3 is 0 Å². The lowest BCUT2D eigenvalue weighted by Crippen LogP contribution is -2.40. The highest BCUT2D eigenvalue weighted by Crippen LogP contribution is 2.34. The third-order valence-corrected chi connectivity index (χ3v) is 3.88. The fraction of sp³-hybridized carbons (Fsp3) is 0.368. The highest BCUT2D eigenvalue weighted by molar-refractivity contribution is 5.37. The molecule has 0 saturated heterocycles. The summed E-state index contributed by atoms with van der Waals surface area (Å²) in [7, 11) is 0. The van der Waals surface area contributed by atoms with Crippen LogP contribution in [0.15, 0.2) is 60.7 Å². The van der Waals surface area contributed by atoms with E-state index >= 15 is 0 Å². The van der Waals surface area contributed by atoms with Crippen LogP contribution >= 0.6 is 0 Å². The Kier molecular flexibility index (Phi) is 5.54. The maximum Gasteiger partial charge on any atom is 0.140 e. The first-order valence-electron chi connectivity index (χ1n) is 7.64. The van der Waals surface area contributed by atoms with Crippen LogP contribution in [0.5, 0.6) is 0 Å². The second-order valence-electron chi connectivity index (χ2n) is 5.37. The van der Waals surface area contributed by atoms with Gasteiger partial charge < -0.3 is 9.84 Å². The van der Waals surface area contributed by atoms with Crippen molar-refractivity contribution in [1.82, 2.24) is 0 Å². The van der Waals surface area contributed by atoms with E-state index in [1.165, 1.54) is 0 Å². The van der Waals surface area contributed by atoms with Gasteiger partial charge in [0.25, 0.3) is 0 Å². The number of aliphatic hydroxyl groups is 1. The minimum absolute atomic E-state index is 0.311. The lowest BCUT2D eigenvalue weighted by Gasteiger charge is -2.35. The summed E-state index contributed by atoms with van der Waals surface area (Å²) in [5.41, 5.74) is 0.594. The molecular formula is C19H24O2. The average molecular weight is 284 g/mol. The molecule has 2 rings (SSSR count). The minimum Gasteiger partial charge on any atom is -0.378 e. The Morgan fingerprint density at radius 3 is 1.86 bits per heavy atom.